The third kappa shape index (κ3) is 9.61. The molecule has 0 saturated carbocycles. The van der Waals surface area contributed by atoms with Gasteiger partial charge in [0.05, 0.1) is 6.54 Å². The van der Waals surface area contributed by atoms with Gasteiger partial charge in [0.2, 0.25) is 0 Å². The number of carbonyl (C=O) groups excluding carboxylic acids is 2. The summed E-state index contributed by atoms with van der Waals surface area (Å²) >= 11 is 1.58. The van der Waals surface area contributed by atoms with Crippen molar-refractivity contribution < 1.29 is 23.8 Å². The van der Waals surface area contributed by atoms with Crippen LogP contribution in [0.1, 0.15) is 19.4 Å². The molecule has 31 heavy (non-hydrogen) atoms. The van der Waals surface area contributed by atoms with Crippen molar-refractivity contribution >= 4 is 23.8 Å². The van der Waals surface area contributed by atoms with E-state index in [2.05, 4.69) is 18.8 Å². The normalized spacial score (nSPS) is 11.3. The minimum Gasteiger partial charge on any atom is -0.490 e. The summed E-state index contributed by atoms with van der Waals surface area (Å²) < 4.78 is 16.3. The van der Waals surface area contributed by atoms with E-state index in [1.54, 1.807) is 18.7 Å². The second kappa shape index (κ2) is 13.4. The van der Waals surface area contributed by atoms with Crippen LogP contribution in [0.25, 0.3) is 0 Å². The van der Waals surface area contributed by atoms with Gasteiger partial charge in [0.1, 0.15) is 25.1 Å². The number of nitrogens with one attached hydrogen (secondary N) is 1. The van der Waals surface area contributed by atoms with Gasteiger partial charge in [-0.3, -0.25) is 0 Å². The lowest BCUT2D eigenvalue weighted by Crippen LogP contribution is -2.35. The van der Waals surface area contributed by atoms with Gasteiger partial charge in [-0.25, -0.2) is 9.59 Å². The van der Waals surface area contributed by atoms with Crippen molar-refractivity contribution in [3.8, 4) is 5.75 Å². The largest absolute Gasteiger partial charge is 0.490 e. The summed E-state index contributed by atoms with van der Waals surface area (Å²) in [5.41, 5.74) is 1.54. The minimum absolute atomic E-state index is 0.0461. The number of thioether (sulfide) groups is 1. The first kappa shape index (κ1) is 24.3. The number of esters is 1. The van der Waals surface area contributed by atoms with Crippen LogP contribution in [0, 0.1) is 0 Å². The van der Waals surface area contributed by atoms with E-state index in [1.165, 1.54) is 5.56 Å². The van der Waals surface area contributed by atoms with Crippen LogP contribution in [-0.4, -0.2) is 43.7 Å². The van der Waals surface area contributed by atoms with Gasteiger partial charge in [0.25, 0.3) is 0 Å². The molecule has 1 amide bonds. The molecular weight excluding hydrogens is 414 g/mol. The van der Waals surface area contributed by atoms with Crippen LogP contribution in [0.2, 0.25) is 0 Å². The van der Waals surface area contributed by atoms with Crippen LogP contribution in [0.3, 0.4) is 0 Å². The number of aryl methyl sites for hydroxylation is 1. The number of carbonyl (C=O) groups is 2. The van der Waals surface area contributed by atoms with Gasteiger partial charge in [-0.05, 0) is 43.2 Å². The van der Waals surface area contributed by atoms with Gasteiger partial charge >= 0.3 is 12.1 Å². The average Bonchev–Trinajstić information content (AvgIpc) is 2.79. The van der Waals surface area contributed by atoms with Crippen LogP contribution in [0.15, 0.2) is 71.6 Å². The van der Waals surface area contributed by atoms with E-state index in [1.807, 2.05) is 54.6 Å². The number of benzene rings is 2. The molecule has 1 N–H and O–H groups in total. The Morgan fingerprint density at radius 1 is 1.10 bits per heavy atom. The summed E-state index contributed by atoms with van der Waals surface area (Å²) in [6.07, 6.45) is -0.0920. The first-order valence-corrected chi connectivity index (χ1v) is 11.1. The van der Waals surface area contributed by atoms with Gasteiger partial charge in [0.15, 0.2) is 0 Å². The Hall–Kier alpha value is -2.93. The highest BCUT2D eigenvalue weighted by Crippen LogP contribution is 2.20. The molecule has 0 heterocycles. The molecule has 1 unspecified atom stereocenters. The van der Waals surface area contributed by atoms with Gasteiger partial charge in [-0.15, -0.1) is 11.8 Å². The molecule has 166 valence electrons. The molecule has 0 aromatic heterocycles. The first-order chi connectivity index (χ1) is 15.0. The lowest BCUT2D eigenvalue weighted by molar-refractivity contribution is -0.138. The van der Waals surface area contributed by atoms with Gasteiger partial charge in [0, 0.05) is 16.2 Å². The van der Waals surface area contributed by atoms with E-state index in [0.29, 0.717) is 11.3 Å². The number of hydrogen-bond acceptors (Lipinski definition) is 6. The number of hydrogen-bond donors (Lipinski definition) is 1. The van der Waals surface area contributed by atoms with E-state index < -0.39 is 18.2 Å². The predicted molar refractivity (Wildman–Crippen MR) is 123 cm³/mol. The summed E-state index contributed by atoms with van der Waals surface area (Å²) in [7, 11) is 0. The average molecular weight is 444 g/mol. The Balaban J connectivity index is 1.85. The van der Waals surface area contributed by atoms with E-state index >= 15 is 0 Å². The summed E-state index contributed by atoms with van der Waals surface area (Å²) in [5.74, 6) is 0.771. The first-order valence-electron chi connectivity index (χ1n) is 10.1. The van der Waals surface area contributed by atoms with Crippen molar-refractivity contribution in [1.82, 2.24) is 5.32 Å². The van der Waals surface area contributed by atoms with Gasteiger partial charge < -0.3 is 19.5 Å². The number of amides is 1. The summed E-state index contributed by atoms with van der Waals surface area (Å²) in [5, 5.41) is 2.59. The standard InChI is InChI=1S/C24H29NO5S/c1-4-19-10-12-20(13-11-19)29-16-21(17-31-22-8-6-5-7-9-22)30-24(27)25-14-15-28-23(26)18(2)3/h5-13,21H,2,4,14-17H2,1,3H3,(H,25,27). The van der Waals surface area contributed by atoms with E-state index in [4.69, 9.17) is 14.2 Å². The van der Waals surface area contributed by atoms with Crippen molar-refractivity contribution in [3.63, 3.8) is 0 Å². The van der Waals surface area contributed by atoms with Crippen LogP contribution < -0.4 is 10.1 Å². The Morgan fingerprint density at radius 2 is 1.81 bits per heavy atom. The fourth-order valence-electron chi connectivity index (χ4n) is 2.45. The molecule has 2 aromatic rings. The molecule has 1 atom stereocenters. The molecule has 0 aliphatic rings. The predicted octanol–water partition coefficient (Wildman–Crippen LogP) is 4.63. The molecule has 0 bridgehead atoms. The fourth-order valence-corrected chi connectivity index (χ4v) is 3.34. The van der Waals surface area contributed by atoms with Gasteiger partial charge in [-0.1, -0.05) is 43.8 Å². The van der Waals surface area contributed by atoms with Crippen molar-refractivity contribution in [1.29, 1.82) is 0 Å². The summed E-state index contributed by atoms with van der Waals surface area (Å²) in [4.78, 5) is 24.6. The Morgan fingerprint density at radius 3 is 2.45 bits per heavy atom. The van der Waals surface area contributed by atoms with Gasteiger partial charge in [-0.2, -0.15) is 0 Å². The molecule has 0 fully saturated rings. The zero-order valence-corrected chi connectivity index (χ0v) is 18.8. The number of rotatable bonds is 12. The highest BCUT2D eigenvalue weighted by molar-refractivity contribution is 7.99. The molecule has 6 nitrogen and oxygen atoms in total. The molecule has 7 heteroatoms. The molecule has 0 radical (unpaired) electrons. The highest BCUT2D eigenvalue weighted by atomic mass is 32.2. The Labute approximate surface area is 188 Å². The maximum atomic E-state index is 12.2. The van der Waals surface area contributed by atoms with Crippen LogP contribution in [0.4, 0.5) is 4.79 Å². The molecule has 2 aromatic carbocycles. The molecule has 0 aliphatic heterocycles. The van der Waals surface area contributed by atoms with Crippen LogP contribution in [0.5, 0.6) is 5.75 Å². The molecule has 0 aliphatic carbocycles. The second-order valence-corrected chi connectivity index (χ2v) is 7.90. The molecule has 0 saturated heterocycles. The lowest BCUT2D eigenvalue weighted by atomic mass is 10.2. The third-order valence-electron chi connectivity index (χ3n) is 4.17. The van der Waals surface area contributed by atoms with Crippen molar-refractivity contribution in [2.45, 2.75) is 31.3 Å². The molecule has 0 spiro atoms. The maximum absolute atomic E-state index is 12.2. The maximum Gasteiger partial charge on any atom is 0.407 e. The molecular formula is C24H29NO5S. The van der Waals surface area contributed by atoms with Crippen molar-refractivity contribution in [2.24, 2.45) is 0 Å². The van der Waals surface area contributed by atoms with Crippen molar-refractivity contribution in [2.75, 3.05) is 25.5 Å². The summed E-state index contributed by atoms with van der Waals surface area (Å²) in [6, 6.07) is 17.7. The zero-order chi connectivity index (χ0) is 22.5. The number of ether oxygens (including phenoxy) is 3. The minimum atomic E-state index is -0.588. The third-order valence-corrected chi connectivity index (χ3v) is 5.32. The fraction of sp³-hybridized carbons (Fsp3) is 0.333. The van der Waals surface area contributed by atoms with Crippen LogP contribution in [-0.2, 0) is 20.7 Å². The second-order valence-electron chi connectivity index (χ2n) is 6.80. The van der Waals surface area contributed by atoms with E-state index in [9.17, 15) is 9.59 Å². The monoisotopic (exact) mass is 443 g/mol. The van der Waals surface area contributed by atoms with E-state index in [-0.39, 0.29) is 19.8 Å². The smallest absolute Gasteiger partial charge is 0.407 e. The quantitative estimate of drug-likeness (QED) is 0.223. The SMILES string of the molecule is C=C(C)C(=O)OCCNC(=O)OC(COc1ccc(CC)cc1)CSc1ccccc1. The molecule has 2 rings (SSSR count). The van der Waals surface area contributed by atoms with Crippen molar-refractivity contribution in [3.05, 3.63) is 72.3 Å². The Kier molecular flexibility index (Phi) is 10.5. The zero-order valence-electron chi connectivity index (χ0n) is 18.0. The topological polar surface area (TPSA) is 73.9 Å². The Bertz CT molecular complexity index is 839. The lowest BCUT2D eigenvalue weighted by Gasteiger charge is -2.19. The van der Waals surface area contributed by atoms with E-state index in [0.717, 1.165) is 17.1 Å². The highest BCUT2D eigenvalue weighted by Gasteiger charge is 2.16. The number of alkyl carbamates (subject to hydrolysis) is 1. The summed E-state index contributed by atoms with van der Waals surface area (Å²) in [6.45, 7) is 7.59. The van der Waals surface area contributed by atoms with Crippen LogP contribution >= 0.6 is 11.8 Å².